The molecular formula is C21H20ClN3O2. The lowest BCUT2D eigenvalue weighted by molar-refractivity contribution is 0.0934. The quantitative estimate of drug-likeness (QED) is 0.610. The van der Waals surface area contributed by atoms with Crippen LogP contribution in [0.4, 0.5) is 5.69 Å². The summed E-state index contributed by atoms with van der Waals surface area (Å²) in [5.41, 5.74) is 2.17. The van der Waals surface area contributed by atoms with E-state index in [9.17, 15) is 9.59 Å². The van der Waals surface area contributed by atoms with Crippen molar-refractivity contribution in [1.29, 1.82) is 0 Å². The lowest BCUT2D eigenvalue weighted by Crippen LogP contribution is -2.33. The van der Waals surface area contributed by atoms with E-state index in [1.165, 1.54) is 0 Å². The number of hydrogen-bond donors (Lipinski definition) is 3. The minimum atomic E-state index is -0.286. The molecule has 0 radical (unpaired) electrons. The third-order valence-electron chi connectivity index (χ3n) is 4.97. The van der Waals surface area contributed by atoms with Crippen LogP contribution in [-0.4, -0.2) is 22.8 Å². The largest absolute Gasteiger partial charge is 0.349 e. The molecule has 0 saturated heterocycles. The maximum absolute atomic E-state index is 12.8. The molecule has 1 heterocycles. The number of aromatic amines is 1. The maximum atomic E-state index is 12.8. The lowest BCUT2D eigenvalue weighted by Gasteiger charge is -2.13. The minimum absolute atomic E-state index is 0.190. The zero-order valence-corrected chi connectivity index (χ0v) is 15.5. The van der Waals surface area contributed by atoms with Gasteiger partial charge in [0.15, 0.2) is 0 Å². The maximum Gasteiger partial charge on any atom is 0.270 e. The molecule has 138 valence electrons. The van der Waals surface area contributed by atoms with Gasteiger partial charge in [-0.3, -0.25) is 9.59 Å². The molecule has 0 atom stereocenters. The van der Waals surface area contributed by atoms with E-state index >= 15 is 0 Å². The van der Waals surface area contributed by atoms with Crippen molar-refractivity contribution in [3.63, 3.8) is 0 Å². The summed E-state index contributed by atoms with van der Waals surface area (Å²) in [5, 5.41) is 7.35. The fourth-order valence-corrected chi connectivity index (χ4v) is 3.68. The number of amides is 2. The van der Waals surface area contributed by atoms with Gasteiger partial charge in [0.1, 0.15) is 5.69 Å². The molecule has 4 rings (SSSR count). The summed E-state index contributed by atoms with van der Waals surface area (Å²) in [5.74, 6) is -0.476. The Morgan fingerprint density at radius 2 is 1.67 bits per heavy atom. The number of carbonyl (C=O) groups excluding carboxylic acids is 2. The molecule has 1 fully saturated rings. The van der Waals surface area contributed by atoms with Crippen LogP contribution in [0.5, 0.6) is 0 Å². The molecule has 1 aliphatic carbocycles. The predicted molar refractivity (Wildman–Crippen MR) is 107 cm³/mol. The van der Waals surface area contributed by atoms with E-state index in [4.69, 9.17) is 11.6 Å². The van der Waals surface area contributed by atoms with Gasteiger partial charge in [-0.05, 0) is 43.2 Å². The number of fused-ring (bicyclic) bond motifs is 1. The molecule has 6 heteroatoms. The highest BCUT2D eigenvalue weighted by molar-refractivity contribution is 6.30. The molecule has 1 aliphatic rings. The summed E-state index contributed by atoms with van der Waals surface area (Å²) in [6.45, 7) is 0. The number of rotatable bonds is 4. The Morgan fingerprint density at radius 3 is 2.41 bits per heavy atom. The van der Waals surface area contributed by atoms with Gasteiger partial charge in [-0.1, -0.05) is 42.6 Å². The molecular weight excluding hydrogens is 362 g/mol. The topological polar surface area (TPSA) is 74.0 Å². The van der Waals surface area contributed by atoms with Gasteiger partial charge in [0.05, 0.1) is 5.69 Å². The number of para-hydroxylation sites is 1. The van der Waals surface area contributed by atoms with Crippen LogP contribution in [0.1, 0.15) is 46.5 Å². The third-order valence-corrected chi connectivity index (χ3v) is 5.22. The normalized spacial score (nSPS) is 14.4. The second-order valence-electron chi connectivity index (χ2n) is 6.84. The first kappa shape index (κ1) is 17.6. The van der Waals surface area contributed by atoms with Crippen LogP contribution in [0, 0.1) is 0 Å². The predicted octanol–water partition coefficient (Wildman–Crippen LogP) is 4.75. The molecule has 3 N–H and O–H groups in total. The molecule has 3 aromatic rings. The van der Waals surface area contributed by atoms with Crippen molar-refractivity contribution in [2.45, 2.75) is 31.7 Å². The van der Waals surface area contributed by atoms with Gasteiger partial charge in [0.2, 0.25) is 0 Å². The summed E-state index contributed by atoms with van der Waals surface area (Å²) in [4.78, 5) is 28.7. The SMILES string of the molecule is O=C(Nc1c(C(=O)NC2CCCC2)[nH]c2ccccc12)c1ccc(Cl)cc1. The van der Waals surface area contributed by atoms with Gasteiger partial charge in [-0.15, -0.1) is 0 Å². The molecule has 0 spiro atoms. The van der Waals surface area contributed by atoms with E-state index < -0.39 is 0 Å². The average molecular weight is 382 g/mol. The van der Waals surface area contributed by atoms with Gasteiger partial charge >= 0.3 is 0 Å². The van der Waals surface area contributed by atoms with Crippen LogP contribution < -0.4 is 10.6 Å². The second kappa shape index (κ2) is 7.45. The van der Waals surface area contributed by atoms with Gasteiger partial charge in [0, 0.05) is 27.5 Å². The molecule has 1 saturated carbocycles. The lowest BCUT2D eigenvalue weighted by atomic mass is 10.1. The summed E-state index contributed by atoms with van der Waals surface area (Å²) in [6.07, 6.45) is 4.27. The van der Waals surface area contributed by atoms with E-state index in [0.29, 0.717) is 22.0 Å². The molecule has 1 aromatic heterocycles. The van der Waals surface area contributed by atoms with E-state index in [0.717, 1.165) is 36.6 Å². The van der Waals surface area contributed by atoms with Crippen LogP contribution in [-0.2, 0) is 0 Å². The highest BCUT2D eigenvalue weighted by atomic mass is 35.5. The smallest absolute Gasteiger partial charge is 0.270 e. The number of aromatic nitrogens is 1. The first-order chi connectivity index (χ1) is 13.1. The van der Waals surface area contributed by atoms with E-state index in [2.05, 4.69) is 15.6 Å². The summed E-state index contributed by atoms with van der Waals surface area (Å²) in [6, 6.07) is 14.4. The number of H-pyrrole nitrogens is 1. The Bertz CT molecular complexity index is 988. The molecule has 27 heavy (non-hydrogen) atoms. The Balaban J connectivity index is 1.66. The monoisotopic (exact) mass is 381 g/mol. The Hall–Kier alpha value is -2.79. The summed E-state index contributed by atoms with van der Waals surface area (Å²) < 4.78 is 0. The van der Waals surface area contributed by atoms with Crippen molar-refractivity contribution in [3.05, 3.63) is 64.8 Å². The molecule has 0 aliphatic heterocycles. The molecule has 0 unspecified atom stereocenters. The second-order valence-corrected chi connectivity index (χ2v) is 7.27. The van der Waals surface area contributed by atoms with Crippen molar-refractivity contribution < 1.29 is 9.59 Å². The van der Waals surface area contributed by atoms with Crippen molar-refractivity contribution in [1.82, 2.24) is 10.3 Å². The van der Waals surface area contributed by atoms with Crippen LogP contribution in [0.2, 0.25) is 5.02 Å². The number of halogens is 1. The van der Waals surface area contributed by atoms with Crippen LogP contribution in [0.25, 0.3) is 10.9 Å². The van der Waals surface area contributed by atoms with Crippen LogP contribution >= 0.6 is 11.6 Å². The number of carbonyl (C=O) groups is 2. The number of anilines is 1. The highest BCUT2D eigenvalue weighted by Gasteiger charge is 2.23. The van der Waals surface area contributed by atoms with Crippen molar-refractivity contribution in [3.8, 4) is 0 Å². The Labute approximate surface area is 162 Å². The van der Waals surface area contributed by atoms with Gasteiger partial charge in [-0.25, -0.2) is 0 Å². The fourth-order valence-electron chi connectivity index (χ4n) is 3.56. The van der Waals surface area contributed by atoms with Crippen molar-refractivity contribution >= 4 is 40.0 Å². The molecule has 2 amide bonds. The van der Waals surface area contributed by atoms with Gasteiger partial charge in [0.25, 0.3) is 11.8 Å². The van der Waals surface area contributed by atoms with Crippen LogP contribution in [0.15, 0.2) is 48.5 Å². The van der Waals surface area contributed by atoms with Gasteiger partial charge in [-0.2, -0.15) is 0 Å². The highest BCUT2D eigenvalue weighted by Crippen LogP contribution is 2.29. The van der Waals surface area contributed by atoms with E-state index in [1.54, 1.807) is 24.3 Å². The Kier molecular flexibility index (Phi) is 4.86. The minimum Gasteiger partial charge on any atom is -0.349 e. The van der Waals surface area contributed by atoms with E-state index in [-0.39, 0.29) is 17.9 Å². The standard InChI is InChI=1S/C21H20ClN3O2/c22-14-11-9-13(10-12-14)20(26)25-18-16-7-3-4-8-17(16)24-19(18)21(27)23-15-5-1-2-6-15/h3-4,7-12,15,24H,1-2,5-6H2,(H,23,27)(H,25,26). The number of hydrogen-bond acceptors (Lipinski definition) is 2. The fraction of sp³-hybridized carbons (Fsp3) is 0.238. The summed E-state index contributed by atoms with van der Waals surface area (Å²) >= 11 is 5.90. The van der Waals surface area contributed by atoms with E-state index in [1.807, 2.05) is 24.3 Å². The zero-order valence-electron chi connectivity index (χ0n) is 14.7. The van der Waals surface area contributed by atoms with Crippen molar-refractivity contribution in [2.75, 3.05) is 5.32 Å². The summed E-state index contributed by atoms with van der Waals surface area (Å²) in [7, 11) is 0. The third kappa shape index (κ3) is 3.69. The van der Waals surface area contributed by atoms with Crippen LogP contribution in [0.3, 0.4) is 0 Å². The average Bonchev–Trinajstić information content (AvgIpc) is 3.30. The van der Waals surface area contributed by atoms with Crippen molar-refractivity contribution in [2.24, 2.45) is 0 Å². The van der Waals surface area contributed by atoms with Gasteiger partial charge < -0.3 is 15.6 Å². The Morgan fingerprint density at radius 1 is 0.963 bits per heavy atom. The molecule has 2 aromatic carbocycles. The first-order valence-electron chi connectivity index (χ1n) is 9.10. The number of nitrogens with one attached hydrogen (secondary N) is 3. The molecule has 0 bridgehead atoms. The number of benzene rings is 2. The molecule has 5 nitrogen and oxygen atoms in total. The first-order valence-corrected chi connectivity index (χ1v) is 9.48. The zero-order chi connectivity index (χ0) is 18.8.